The molecular weight excluding hydrogens is 207 g/mol. The topological polar surface area (TPSA) is 61.8 Å². The van der Waals surface area contributed by atoms with Gasteiger partial charge in [-0.3, -0.25) is 9.36 Å². The molecule has 0 saturated carbocycles. The maximum Gasteiger partial charge on any atom is 0.345 e. The monoisotopic (exact) mass is 222 g/mol. The molecule has 0 aromatic heterocycles. The second kappa shape index (κ2) is 4.91. The first-order valence-electron chi connectivity index (χ1n) is 4.69. The van der Waals surface area contributed by atoms with Gasteiger partial charge in [0.25, 0.3) is 0 Å². The number of rotatable bonds is 5. The predicted molar refractivity (Wildman–Crippen MR) is 50.2 cm³/mol. The van der Waals surface area contributed by atoms with E-state index in [4.69, 9.17) is 13.8 Å². The zero-order valence-corrected chi connectivity index (χ0v) is 9.29. The number of ether oxygens (including phenoxy) is 1. The number of hydrogen-bond donors (Lipinski definition) is 0. The summed E-state index contributed by atoms with van der Waals surface area (Å²) < 4.78 is 26.9. The number of esters is 1. The van der Waals surface area contributed by atoms with E-state index in [0.29, 0.717) is 13.0 Å². The molecule has 0 aromatic rings. The van der Waals surface area contributed by atoms with Crippen LogP contribution in [0.2, 0.25) is 0 Å². The van der Waals surface area contributed by atoms with E-state index < -0.39 is 19.2 Å². The minimum atomic E-state index is -3.30. The zero-order chi connectivity index (χ0) is 10.6. The summed E-state index contributed by atoms with van der Waals surface area (Å²) in [7, 11) is -3.30. The highest BCUT2D eigenvalue weighted by Gasteiger charge is 2.45. The Morgan fingerprint density at radius 1 is 1.43 bits per heavy atom. The normalized spacial score (nSPS) is 22.4. The van der Waals surface area contributed by atoms with Crippen molar-refractivity contribution in [3.63, 3.8) is 0 Å². The van der Waals surface area contributed by atoms with Crippen LogP contribution < -0.4 is 0 Å². The lowest BCUT2D eigenvalue weighted by atomic mass is 10.4. The number of hydrogen-bond acceptors (Lipinski definition) is 5. The third-order valence-corrected chi connectivity index (χ3v) is 4.38. The fraction of sp³-hybridized carbons (Fsp3) is 0.875. The van der Waals surface area contributed by atoms with E-state index in [9.17, 15) is 9.36 Å². The molecule has 14 heavy (non-hydrogen) atoms. The lowest BCUT2D eigenvalue weighted by molar-refractivity contribution is -0.137. The van der Waals surface area contributed by atoms with Gasteiger partial charge in [-0.05, 0) is 13.8 Å². The molecule has 0 radical (unpaired) electrons. The van der Waals surface area contributed by atoms with Gasteiger partial charge in [-0.1, -0.05) is 0 Å². The third kappa shape index (κ3) is 2.35. The van der Waals surface area contributed by atoms with Crippen molar-refractivity contribution in [2.45, 2.75) is 25.9 Å². The minimum Gasteiger partial charge on any atom is -0.465 e. The number of cyclic esters (lactones) is 1. The lowest BCUT2D eigenvalue weighted by Gasteiger charge is -2.19. The van der Waals surface area contributed by atoms with E-state index in [1.807, 2.05) is 0 Å². The second-order valence-electron chi connectivity index (χ2n) is 2.85. The Morgan fingerprint density at radius 3 is 2.36 bits per heavy atom. The predicted octanol–water partition coefficient (Wildman–Crippen LogP) is 1.57. The third-order valence-electron chi connectivity index (χ3n) is 1.91. The van der Waals surface area contributed by atoms with Crippen molar-refractivity contribution in [3.05, 3.63) is 0 Å². The molecule has 1 saturated heterocycles. The molecule has 1 unspecified atom stereocenters. The fourth-order valence-corrected chi connectivity index (χ4v) is 3.26. The van der Waals surface area contributed by atoms with Crippen LogP contribution in [0.15, 0.2) is 0 Å². The Morgan fingerprint density at radius 2 is 2.00 bits per heavy atom. The van der Waals surface area contributed by atoms with Crippen LogP contribution in [0.1, 0.15) is 20.3 Å². The van der Waals surface area contributed by atoms with Gasteiger partial charge in [0.1, 0.15) is 0 Å². The smallest absolute Gasteiger partial charge is 0.345 e. The van der Waals surface area contributed by atoms with Crippen LogP contribution in [0.4, 0.5) is 0 Å². The molecule has 5 nitrogen and oxygen atoms in total. The van der Waals surface area contributed by atoms with E-state index >= 15 is 0 Å². The Balaban J connectivity index is 2.75. The van der Waals surface area contributed by atoms with E-state index in [1.54, 1.807) is 13.8 Å². The average Bonchev–Trinajstić information content (AvgIpc) is 2.52. The van der Waals surface area contributed by atoms with E-state index in [-0.39, 0.29) is 13.2 Å². The van der Waals surface area contributed by atoms with E-state index in [0.717, 1.165) is 0 Å². The number of carbonyl (C=O) groups excluding carboxylic acids is 1. The minimum absolute atomic E-state index is 0.265. The Bertz CT molecular complexity index is 242. The van der Waals surface area contributed by atoms with Gasteiger partial charge in [-0.15, -0.1) is 0 Å². The Labute approximate surface area is 83.3 Å². The summed E-state index contributed by atoms with van der Waals surface area (Å²) in [5.41, 5.74) is -0.734. The number of carbonyl (C=O) groups is 1. The van der Waals surface area contributed by atoms with Crippen molar-refractivity contribution >= 4 is 13.6 Å². The quantitative estimate of drug-likeness (QED) is 0.522. The van der Waals surface area contributed by atoms with Crippen LogP contribution in [-0.2, 0) is 23.1 Å². The zero-order valence-electron chi connectivity index (χ0n) is 8.39. The molecule has 1 fully saturated rings. The molecule has 6 heteroatoms. The molecule has 82 valence electrons. The Hall–Kier alpha value is -0.380. The van der Waals surface area contributed by atoms with Gasteiger partial charge in [0.15, 0.2) is 5.66 Å². The largest absolute Gasteiger partial charge is 0.465 e. The highest BCUT2D eigenvalue weighted by atomic mass is 31.2. The molecule has 1 aliphatic heterocycles. The summed E-state index contributed by atoms with van der Waals surface area (Å²) in [6.45, 7) is 4.26. The summed E-state index contributed by atoms with van der Waals surface area (Å²) in [5, 5.41) is 0. The van der Waals surface area contributed by atoms with Crippen LogP contribution in [0, 0.1) is 0 Å². The molecular formula is C8H15O5P. The molecule has 1 aliphatic rings. The van der Waals surface area contributed by atoms with Crippen LogP contribution >= 0.6 is 7.60 Å². The van der Waals surface area contributed by atoms with Crippen molar-refractivity contribution in [2.24, 2.45) is 0 Å². The van der Waals surface area contributed by atoms with E-state index in [2.05, 4.69) is 0 Å². The van der Waals surface area contributed by atoms with Gasteiger partial charge < -0.3 is 13.8 Å². The molecule has 0 spiro atoms. The van der Waals surface area contributed by atoms with Gasteiger partial charge >= 0.3 is 13.6 Å². The molecule has 0 amide bonds. The van der Waals surface area contributed by atoms with Gasteiger partial charge in [-0.25, -0.2) is 0 Å². The standard InChI is InChI=1S/C8H15O5P/c1-3-12-14(10,13-4-2)7-5-6-11-8(7)9/h7H,3-6H2,1-2H3. The summed E-state index contributed by atoms with van der Waals surface area (Å²) in [6, 6.07) is 0. The van der Waals surface area contributed by atoms with Gasteiger partial charge in [-0.2, -0.15) is 0 Å². The fourth-order valence-electron chi connectivity index (χ4n) is 1.35. The SMILES string of the molecule is CCOP(=O)(OCC)C1CCOC1=O. The maximum absolute atomic E-state index is 12.1. The van der Waals surface area contributed by atoms with Gasteiger partial charge in [0, 0.05) is 6.42 Å². The molecule has 1 heterocycles. The molecule has 1 rings (SSSR count). The van der Waals surface area contributed by atoms with Crippen molar-refractivity contribution in [1.82, 2.24) is 0 Å². The first kappa shape index (κ1) is 11.7. The highest BCUT2D eigenvalue weighted by molar-refractivity contribution is 7.55. The summed E-state index contributed by atoms with van der Waals surface area (Å²) in [6.07, 6.45) is 0.413. The maximum atomic E-state index is 12.1. The molecule has 0 aliphatic carbocycles. The Kier molecular flexibility index (Phi) is 4.11. The lowest BCUT2D eigenvalue weighted by Crippen LogP contribution is -2.18. The first-order chi connectivity index (χ1) is 6.64. The summed E-state index contributed by atoms with van der Waals surface area (Å²) >= 11 is 0. The van der Waals surface area contributed by atoms with Crippen LogP contribution in [0.5, 0.6) is 0 Å². The summed E-state index contributed by atoms with van der Waals surface area (Å²) in [4.78, 5) is 11.2. The van der Waals surface area contributed by atoms with Crippen molar-refractivity contribution < 1.29 is 23.1 Å². The molecule has 0 bridgehead atoms. The van der Waals surface area contributed by atoms with Crippen molar-refractivity contribution in [1.29, 1.82) is 0 Å². The highest BCUT2D eigenvalue weighted by Crippen LogP contribution is 2.55. The van der Waals surface area contributed by atoms with Gasteiger partial charge in [0.05, 0.1) is 19.8 Å². The van der Waals surface area contributed by atoms with Crippen molar-refractivity contribution in [3.8, 4) is 0 Å². The second-order valence-corrected chi connectivity index (χ2v) is 5.07. The molecule has 1 atom stereocenters. The summed E-state index contributed by atoms with van der Waals surface area (Å²) in [5.74, 6) is -0.477. The van der Waals surface area contributed by atoms with Gasteiger partial charge in [0.2, 0.25) is 0 Å². The van der Waals surface area contributed by atoms with Crippen LogP contribution in [0.3, 0.4) is 0 Å². The van der Waals surface area contributed by atoms with Crippen LogP contribution in [-0.4, -0.2) is 31.4 Å². The van der Waals surface area contributed by atoms with Crippen molar-refractivity contribution in [2.75, 3.05) is 19.8 Å². The van der Waals surface area contributed by atoms with Crippen LogP contribution in [0.25, 0.3) is 0 Å². The first-order valence-corrected chi connectivity index (χ1v) is 6.30. The van der Waals surface area contributed by atoms with E-state index in [1.165, 1.54) is 0 Å². The molecule has 0 aromatic carbocycles. The molecule has 0 N–H and O–H groups in total. The average molecular weight is 222 g/mol.